The summed E-state index contributed by atoms with van der Waals surface area (Å²) in [7, 11) is 1.65. The normalized spacial score (nSPS) is 24.8. The fourth-order valence-corrected chi connectivity index (χ4v) is 3.80. The van der Waals surface area contributed by atoms with E-state index >= 15 is 0 Å². The number of piperidine rings is 1. The van der Waals surface area contributed by atoms with E-state index in [9.17, 15) is 9.59 Å². The Bertz CT molecular complexity index is 610. The van der Waals surface area contributed by atoms with Gasteiger partial charge < -0.3 is 15.0 Å². The number of hydrogen-bond donors (Lipinski definition) is 1. The van der Waals surface area contributed by atoms with Gasteiger partial charge in [0, 0.05) is 56.6 Å². The average Bonchev–Trinajstić information content (AvgIpc) is 2.83. The van der Waals surface area contributed by atoms with Crippen molar-refractivity contribution in [2.24, 2.45) is 5.41 Å². The van der Waals surface area contributed by atoms with Gasteiger partial charge in [-0.1, -0.05) is 0 Å². The number of aromatic nitrogens is 1. The molecule has 3 heterocycles. The van der Waals surface area contributed by atoms with Crippen LogP contribution >= 0.6 is 0 Å². The van der Waals surface area contributed by atoms with Crippen LogP contribution in [0.25, 0.3) is 0 Å². The monoisotopic (exact) mass is 346 g/mol. The van der Waals surface area contributed by atoms with Crippen LogP contribution in [-0.2, 0) is 9.53 Å². The second-order valence-electron chi connectivity index (χ2n) is 7.00. The number of ether oxygens (including phenoxy) is 1. The predicted molar refractivity (Wildman–Crippen MR) is 93.1 cm³/mol. The van der Waals surface area contributed by atoms with Gasteiger partial charge in [-0.25, -0.2) is 0 Å². The zero-order chi connectivity index (χ0) is 17.7. The molecule has 1 unspecified atom stereocenters. The van der Waals surface area contributed by atoms with Crippen LogP contribution in [0.15, 0.2) is 24.5 Å². The quantitative estimate of drug-likeness (QED) is 0.857. The van der Waals surface area contributed by atoms with Crippen molar-refractivity contribution in [3.8, 4) is 0 Å². The molecule has 1 aromatic rings. The molecule has 1 atom stereocenters. The fraction of sp³-hybridized carbons (Fsp3) is 0.611. The first-order valence-corrected chi connectivity index (χ1v) is 8.82. The third-order valence-electron chi connectivity index (χ3n) is 5.04. The lowest BCUT2D eigenvalue weighted by molar-refractivity contribution is -0.122. The third kappa shape index (κ3) is 4.35. The average molecular weight is 346 g/mol. The highest BCUT2D eigenvalue weighted by Crippen LogP contribution is 2.33. The van der Waals surface area contributed by atoms with Crippen LogP contribution < -0.4 is 5.32 Å². The van der Waals surface area contributed by atoms with Gasteiger partial charge in [-0.15, -0.1) is 0 Å². The Balaban J connectivity index is 1.71. The molecule has 0 saturated carbocycles. The van der Waals surface area contributed by atoms with Crippen molar-refractivity contribution in [1.82, 2.24) is 20.1 Å². The highest BCUT2D eigenvalue weighted by molar-refractivity contribution is 5.94. The molecule has 1 aromatic heterocycles. The van der Waals surface area contributed by atoms with E-state index in [1.54, 1.807) is 31.6 Å². The van der Waals surface area contributed by atoms with Crippen LogP contribution in [-0.4, -0.2) is 79.6 Å². The van der Waals surface area contributed by atoms with Crippen LogP contribution in [0.1, 0.15) is 23.2 Å². The van der Waals surface area contributed by atoms with Crippen molar-refractivity contribution < 1.29 is 14.3 Å². The molecular formula is C18H26N4O3. The maximum Gasteiger partial charge on any atom is 0.253 e. The molecule has 0 aromatic carbocycles. The number of pyridine rings is 1. The van der Waals surface area contributed by atoms with Gasteiger partial charge in [0.1, 0.15) is 0 Å². The first-order chi connectivity index (χ1) is 12.1. The summed E-state index contributed by atoms with van der Waals surface area (Å²) in [6, 6.07) is 3.51. The SMILES string of the molecule is CNC(=O)CN1CCOCC2(CCCN(C(=O)c3ccncc3)C2)C1. The van der Waals surface area contributed by atoms with Crippen molar-refractivity contribution in [3.05, 3.63) is 30.1 Å². The van der Waals surface area contributed by atoms with E-state index in [4.69, 9.17) is 4.74 Å². The Kier molecular flexibility index (Phi) is 5.65. The third-order valence-corrected chi connectivity index (χ3v) is 5.04. The number of carbonyl (C=O) groups excluding carboxylic acids is 2. The van der Waals surface area contributed by atoms with E-state index in [0.717, 1.165) is 32.5 Å². The Morgan fingerprint density at radius 2 is 2.08 bits per heavy atom. The number of hydrogen-bond acceptors (Lipinski definition) is 5. The van der Waals surface area contributed by atoms with Gasteiger partial charge in [0.2, 0.25) is 5.91 Å². The van der Waals surface area contributed by atoms with Gasteiger partial charge in [-0.05, 0) is 25.0 Å². The summed E-state index contributed by atoms with van der Waals surface area (Å²) in [6.07, 6.45) is 5.25. The molecule has 1 N–H and O–H groups in total. The largest absolute Gasteiger partial charge is 0.379 e. The highest BCUT2D eigenvalue weighted by atomic mass is 16.5. The van der Waals surface area contributed by atoms with E-state index in [0.29, 0.717) is 31.9 Å². The van der Waals surface area contributed by atoms with Crippen LogP contribution in [0.4, 0.5) is 0 Å². The molecule has 2 fully saturated rings. The van der Waals surface area contributed by atoms with Gasteiger partial charge in [-0.3, -0.25) is 19.5 Å². The fourth-order valence-electron chi connectivity index (χ4n) is 3.80. The van der Waals surface area contributed by atoms with E-state index in [1.165, 1.54) is 0 Å². The molecule has 7 heteroatoms. The van der Waals surface area contributed by atoms with Crippen molar-refractivity contribution in [3.63, 3.8) is 0 Å². The van der Waals surface area contributed by atoms with Crippen LogP contribution in [0, 0.1) is 5.41 Å². The molecule has 0 radical (unpaired) electrons. The Morgan fingerprint density at radius 1 is 1.28 bits per heavy atom. The lowest BCUT2D eigenvalue weighted by atomic mass is 9.80. The van der Waals surface area contributed by atoms with Crippen molar-refractivity contribution in [2.45, 2.75) is 12.8 Å². The summed E-state index contributed by atoms with van der Waals surface area (Å²) in [5.41, 5.74) is 0.564. The molecule has 136 valence electrons. The maximum atomic E-state index is 12.8. The number of likely N-dealkylation sites (N-methyl/N-ethyl adjacent to an activating group) is 1. The van der Waals surface area contributed by atoms with Gasteiger partial charge in [0.15, 0.2) is 0 Å². The van der Waals surface area contributed by atoms with Crippen molar-refractivity contribution in [1.29, 1.82) is 0 Å². The standard InChI is InChI=1S/C18H26N4O3/c1-19-16(23)11-21-9-10-25-14-18(12-21)5-2-8-22(13-18)17(24)15-3-6-20-7-4-15/h3-4,6-7H,2,5,8-14H2,1H3,(H,19,23). The molecule has 1 spiro atoms. The minimum absolute atomic E-state index is 0.0116. The molecule has 0 aliphatic carbocycles. The molecule has 0 bridgehead atoms. The molecule has 2 aliphatic heterocycles. The molecule has 2 amide bonds. The number of nitrogens with zero attached hydrogens (tertiary/aromatic N) is 3. The summed E-state index contributed by atoms with van der Waals surface area (Å²) >= 11 is 0. The minimum atomic E-state index is -0.106. The van der Waals surface area contributed by atoms with Crippen molar-refractivity contribution >= 4 is 11.8 Å². The first-order valence-electron chi connectivity index (χ1n) is 8.82. The molecule has 3 rings (SSSR count). The summed E-state index contributed by atoms with van der Waals surface area (Å²) in [4.78, 5) is 32.6. The Hall–Kier alpha value is -1.99. The zero-order valence-corrected chi connectivity index (χ0v) is 14.7. The number of amides is 2. The Morgan fingerprint density at radius 3 is 2.84 bits per heavy atom. The molecule has 2 aliphatic rings. The first kappa shape index (κ1) is 17.8. The van der Waals surface area contributed by atoms with Crippen LogP contribution in [0.3, 0.4) is 0 Å². The number of carbonyl (C=O) groups is 2. The molecular weight excluding hydrogens is 320 g/mol. The second kappa shape index (κ2) is 7.93. The van der Waals surface area contributed by atoms with E-state index in [-0.39, 0.29) is 17.2 Å². The smallest absolute Gasteiger partial charge is 0.253 e. The number of nitrogens with one attached hydrogen (secondary N) is 1. The molecule has 25 heavy (non-hydrogen) atoms. The van der Waals surface area contributed by atoms with Crippen LogP contribution in [0.2, 0.25) is 0 Å². The topological polar surface area (TPSA) is 74.8 Å². The van der Waals surface area contributed by atoms with E-state index in [2.05, 4.69) is 15.2 Å². The highest BCUT2D eigenvalue weighted by Gasteiger charge is 2.40. The lowest BCUT2D eigenvalue weighted by Crippen LogP contribution is -2.53. The van der Waals surface area contributed by atoms with Gasteiger partial charge in [0.25, 0.3) is 5.91 Å². The zero-order valence-electron chi connectivity index (χ0n) is 14.7. The Labute approximate surface area is 148 Å². The summed E-state index contributed by atoms with van der Waals surface area (Å²) in [6.45, 7) is 4.58. The summed E-state index contributed by atoms with van der Waals surface area (Å²) in [5, 5.41) is 2.68. The van der Waals surface area contributed by atoms with Gasteiger partial charge in [0.05, 0.1) is 19.8 Å². The maximum absolute atomic E-state index is 12.8. The van der Waals surface area contributed by atoms with Crippen LogP contribution in [0.5, 0.6) is 0 Å². The number of rotatable bonds is 3. The van der Waals surface area contributed by atoms with Crippen molar-refractivity contribution in [2.75, 3.05) is 53.0 Å². The predicted octanol–water partition coefficient (Wildman–Crippen LogP) is 0.382. The van der Waals surface area contributed by atoms with Gasteiger partial charge in [-0.2, -0.15) is 0 Å². The van der Waals surface area contributed by atoms with E-state index < -0.39 is 0 Å². The second-order valence-corrected chi connectivity index (χ2v) is 7.00. The molecule has 7 nitrogen and oxygen atoms in total. The lowest BCUT2D eigenvalue weighted by Gasteiger charge is -2.43. The minimum Gasteiger partial charge on any atom is -0.379 e. The summed E-state index contributed by atoms with van der Waals surface area (Å²) in [5.74, 6) is 0.0566. The van der Waals surface area contributed by atoms with Gasteiger partial charge >= 0.3 is 0 Å². The molecule has 2 saturated heterocycles. The number of likely N-dealkylation sites (tertiary alicyclic amines) is 1. The summed E-state index contributed by atoms with van der Waals surface area (Å²) < 4.78 is 5.85. The van der Waals surface area contributed by atoms with E-state index in [1.807, 2.05) is 4.90 Å².